The molecule has 0 aliphatic heterocycles. The fourth-order valence-corrected chi connectivity index (χ4v) is 2.29. The highest BCUT2D eigenvalue weighted by atomic mass is 15.5. The first-order valence-electron chi connectivity index (χ1n) is 5.55. The van der Waals surface area contributed by atoms with Crippen LogP contribution in [0.15, 0.2) is 0 Å². The highest BCUT2D eigenvalue weighted by Crippen LogP contribution is 2.40. The highest BCUT2D eigenvalue weighted by molar-refractivity contribution is 5.03. The van der Waals surface area contributed by atoms with Crippen molar-refractivity contribution >= 4 is 0 Å². The minimum Gasteiger partial charge on any atom is -0.319 e. The van der Waals surface area contributed by atoms with Gasteiger partial charge in [0.1, 0.15) is 0 Å². The Kier molecular flexibility index (Phi) is 2.50. The third-order valence-electron chi connectivity index (χ3n) is 3.52. The number of H-pyrrole nitrogens is 1. The summed E-state index contributed by atoms with van der Waals surface area (Å²) in [5, 5.41) is 14.1. The number of hydrogen-bond donors (Lipinski definition) is 2. The van der Waals surface area contributed by atoms with E-state index in [-0.39, 0.29) is 5.54 Å². The number of aromatic nitrogens is 4. The molecule has 1 aliphatic carbocycles. The minimum absolute atomic E-state index is 0.374. The average Bonchev–Trinajstić information content (AvgIpc) is 2.64. The zero-order valence-corrected chi connectivity index (χ0v) is 9.45. The fourth-order valence-electron chi connectivity index (χ4n) is 2.29. The monoisotopic (exact) mass is 209 g/mol. The Balaban J connectivity index is 2.17. The van der Waals surface area contributed by atoms with Crippen LogP contribution in [0, 0.1) is 5.41 Å². The van der Waals surface area contributed by atoms with E-state index < -0.39 is 0 Å². The van der Waals surface area contributed by atoms with Crippen molar-refractivity contribution in [3.63, 3.8) is 0 Å². The molecule has 2 rings (SSSR count). The van der Waals surface area contributed by atoms with Crippen molar-refractivity contribution < 1.29 is 0 Å². The lowest BCUT2D eigenvalue weighted by molar-refractivity contribution is 0.295. The van der Waals surface area contributed by atoms with Crippen molar-refractivity contribution in [2.75, 3.05) is 0 Å². The predicted octanol–water partition coefficient (Wildman–Crippen LogP) is 1.34. The predicted molar refractivity (Wildman–Crippen MR) is 56.9 cm³/mol. The van der Waals surface area contributed by atoms with Gasteiger partial charge in [-0.2, -0.15) is 5.21 Å². The summed E-state index contributed by atoms with van der Waals surface area (Å²) < 4.78 is 0. The van der Waals surface area contributed by atoms with E-state index in [2.05, 4.69) is 34.5 Å². The standard InChI is InChI=1S/C10H19N5/c1-9(2)4-3-5-10(11,7-6-9)8-12-14-15-13-8/h3-7,11H2,1-2H3,(H,12,13,14,15). The fraction of sp³-hybridized carbons (Fsp3) is 0.900. The van der Waals surface area contributed by atoms with Crippen LogP contribution in [0.4, 0.5) is 0 Å². The van der Waals surface area contributed by atoms with Crippen molar-refractivity contribution in [3.8, 4) is 0 Å². The molecule has 5 heteroatoms. The molecule has 1 heterocycles. The van der Waals surface area contributed by atoms with Crippen molar-refractivity contribution in [3.05, 3.63) is 5.82 Å². The number of hydrogen-bond acceptors (Lipinski definition) is 4. The molecule has 1 fully saturated rings. The summed E-state index contributed by atoms with van der Waals surface area (Å²) in [5.74, 6) is 0.667. The Bertz CT molecular complexity index is 319. The van der Waals surface area contributed by atoms with Crippen LogP contribution < -0.4 is 5.73 Å². The molecular weight excluding hydrogens is 190 g/mol. The molecule has 84 valence electrons. The summed E-state index contributed by atoms with van der Waals surface area (Å²) in [4.78, 5) is 0. The Morgan fingerprint density at radius 2 is 2.00 bits per heavy atom. The first-order chi connectivity index (χ1) is 7.02. The zero-order valence-electron chi connectivity index (χ0n) is 9.45. The molecule has 15 heavy (non-hydrogen) atoms. The van der Waals surface area contributed by atoms with Crippen LogP contribution in [0.3, 0.4) is 0 Å². The van der Waals surface area contributed by atoms with Crippen LogP contribution in [-0.2, 0) is 5.54 Å². The van der Waals surface area contributed by atoms with Gasteiger partial charge in [-0.3, -0.25) is 0 Å². The number of nitrogens with zero attached hydrogens (tertiary/aromatic N) is 3. The largest absolute Gasteiger partial charge is 0.319 e. The molecule has 0 radical (unpaired) electrons. The van der Waals surface area contributed by atoms with Crippen LogP contribution in [0.2, 0.25) is 0 Å². The lowest BCUT2D eigenvalue weighted by Gasteiger charge is -2.25. The number of nitrogens with two attached hydrogens (primary N) is 1. The van der Waals surface area contributed by atoms with E-state index in [1.165, 1.54) is 6.42 Å². The van der Waals surface area contributed by atoms with Gasteiger partial charge in [-0.1, -0.05) is 25.5 Å². The number of aromatic amines is 1. The van der Waals surface area contributed by atoms with Gasteiger partial charge in [0, 0.05) is 0 Å². The van der Waals surface area contributed by atoms with Gasteiger partial charge in [0.25, 0.3) is 0 Å². The Morgan fingerprint density at radius 1 is 1.20 bits per heavy atom. The van der Waals surface area contributed by atoms with Gasteiger partial charge in [0.05, 0.1) is 5.54 Å². The topological polar surface area (TPSA) is 80.5 Å². The summed E-state index contributed by atoms with van der Waals surface area (Å²) in [6, 6.07) is 0. The smallest absolute Gasteiger partial charge is 0.194 e. The quantitative estimate of drug-likeness (QED) is 0.684. The second kappa shape index (κ2) is 3.56. The van der Waals surface area contributed by atoms with E-state index in [0.717, 1.165) is 25.7 Å². The van der Waals surface area contributed by atoms with Gasteiger partial charge in [-0.05, 0) is 31.1 Å². The van der Waals surface area contributed by atoms with Crippen molar-refractivity contribution in [2.45, 2.75) is 51.5 Å². The van der Waals surface area contributed by atoms with Gasteiger partial charge in [-0.15, -0.1) is 10.2 Å². The molecule has 1 unspecified atom stereocenters. The Hall–Kier alpha value is -0.970. The van der Waals surface area contributed by atoms with Gasteiger partial charge < -0.3 is 5.73 Å². The molecule has 0 aromatic carbocycles. The molecule has 0 amide bonds. The Morgan fingerprint density at radius 3 is 2.67 bits per heavy atom. The second-order valence-electron chi connectivity index (χ2n) is 5.41. The molecular formula is C10H19N5. The van der Waals surface area contributed by atoms with E-state index >= 15 is 0 Å². The number of tetrazole rings is 1. The molecule has 1 atom stereocenters. The van der Waals surface area contributed by atoms with Gasteiger partial charge in [0.15, 0.2) is 5.82 Å². The Labute approximate surface area is 89.8 Å². The highest BCUT2D eigenvalue weighted by Gasteiger charge is 2.36. The molecule has 1 saturated carbocycles. The third kappa shape index (κ3) is 2.17. The van der Waals surface area contributed by atoms with Crippen LogP contribution in [0.25, 0.3) is 0 Å². The average molecular weight is 209 g/mol. The van der Waals surface area contributed by atoms with Crippen molar-refractivity contribution in [1.82, 2.24) is 20.6 Å². The van der Waals surface area contributed by atoms with Crippen LogP contribution in [0.1, 0.15) is 51.8 Å². The molecule has 1 aromatic heterocycles. The maximum absolute atomic E-state index is 6.36. The molecule has 3 N–H and O–H groups in total. The van der Waals surface area contributed by atoms with Gasteiger partial charge in [0.2, 0.25) is 0 Å². The summed E-state index contributed by atoms with van der Waals surface area (Å²) in [6.07, 6.45) is 5.38. The van der Waals surface area contributed by atoms with E-state index in [9.17, 15) is 0 Å². The van der Waals surface area contributed by atoms with Gasteiger partial charge in [-0.25, -0.2) is 0 Å². The lowest BCUT2D eigenvalue weighted by atomic mass is 9.83. The lowest BCUT2D eigenvalue weighted by Crippen LogP contribution is -2.37. The molecule has 1 aromatic rings. The summed E-state index contributed by atoms with van der Waals surface area (Å²) >= 11 is 0. The van der Waals surface area contributed by atoms with E-state index in [4.69, 9.17) is 5.73 Å². The van der Waals surface area contributed by atoms with Crippen LogP contribution >= 0.6 is 0 Å². The minimum atomic E-state index is -0.374. The maximum atomic E-state index is 6.36. The second-order valence-corrected chi connectivity index (χ2v) is 5.41. The first-order valence-corrected chi connectivity index (χ1v) is 5.55. The molecule has 5 nitrogen and oxygen atoms in total. The normalized spacial score (nSPS) is 31.1. The third-order valence-corrected chi connectivity index (χ3v) is 3.52. The maximum Gasteiger partial charge on any atom is 0.194 e. The molecule has 0 saturated heterocycles. The number of nitrogens with one attached hydrogen (secondary N) is 1. The first kappa shape index (κ1) is 10.5. The molecule has 0 bridgehead atoms. The van der Waals surface area contributed by atoms with Crippen molar-refractivity contribution in [1.29, 1.82) is 0 Å². The van der Waals surface area contributed by atoms with Crippen LogP contribution in [-0.4, -0.2) is 20.6 Å². The van der Waals surface area contributed by atoms with E-state index in [1.807, 2.05) is 0 Å². The van der Waals surface area contributed by atoms with Gasteiger partial charge >= 0.3 is 0 Å². The van der Waals surface area contributed by atoms with E-state index in [0.29, 0.717) is 11.2 Å². The number of rotatable bonds is 1. The summed E-state index contributed by atoms with van der Waals surface area (Å²) in [7, 11) is 0. The zero-order chi connectivity index (χ0) is 10.9. The SMILES string of the molecule is CC1(C)CCCC(N)(c2nn[nH]n2)CC1. The van der Waals surface area contributed by atoms with E-state index in [1.54, 1.807) is 0 Å². The molecule has 1 aliphatic rings. The van der Waals surface area contributed by atoms with Crippen molar-refractivity contribution in [2.24, 2.45) is 11.1 Å². The summed E-state index contributed by atoms with van der Waals surface area (Å²) in [6.45, 7) is 4.60. The molecule has 0 spiro atoms. The summed E-state index contributed by atoms with van der Waals surface area (Å²) in [5.41, 5.74) is 6.38. The van der Waals surface area contributed by atoms with Crippen LogP contribution in [0.5, 0.6) is 0 Å².